The molecule has 2 aromatic rings. The summed E-state index contributed by atoms with van der Waals surface area (Å²) < 4.78 is 45.6. The predicted octanol–water partition coefficient (Wildman–Crippen LogP) is 3.26. The van der Waals surface area contributed by atoms with Crippen molar-refractivity contribution in [3.63, 3.8) is 0 Å². The van der Waals surface area contributed by atoms with E-state index in [1.165, 1.54) is 24.1 Å². The van der Waals surface area contributed by atoms with Crippen molar-refractivity contribution in [1.29, 1.82) is 0 Å². The molecule has 0 aliphatic carbocycles. The van der Waals surface area contributed by atoms with E-state index in [0.29, 0.717) is 21.5 Å². The molecular formula is C13H13BrF3N3O. The lowest BCUT2D eigenvalue weighted by atomic mass is 10.0. The average molecular weight is 364 g/mol. The highest BCUT2D eigenvalue weighted by Crippen LogP contribution is 2.36. The van der Waals surface area contributed by atoms with Gasteiger partial charge in [0.15, 0.2) is 5.75 Å². The highest BCUT2D eigenvalue weighted by atomic mass is 79.9. The standard InChI is InChI=1S/C13H13BrF3N3O/c1-20-12(10(21-2)6-19-20)11(18)8-5-7(13(15,16)17)3-4-9(8)14/h3-6,11H,18H2,1-2H3. The maximum atomic E-state index is 12.8. The maximum Gasteiger partial charge on any atom is 0.416 e. The lowest BCUT2D eigenvalue weighted by molar-refractivity contribution is -0.137. The minimum absolute atomic E-state index is 0.312. The van der Waals surface area contributed by atoms with Crippen molar-refractivity contribution in [2.75, 3.05) is 7.11 Å². The van der Waals surface area contributed by atoms with Crippen molar-refractivity contribution in [3.8, 4) is 5.75 Å². The highest BCUT2D eigenvalue weighted by Gasteiger charge is 2.32. The summed E-state index contributed by atoms with van der Waals surface area (Å²) in [6.07, 6.45) is -2.96. The van der Waals surface area contributed by atoms with Gasteiger partial charge in [-0.05, 0) is 23.8 Å². The summed E-state index contributed by atoms with van der Waals surface area (Å²) in [5.74, 6) is 0.425. The summed E-state index contributed by atoms with van der Waals surface area (Å²) >= 11 is 3.24. The van der Waals surface area contributed by atoms with Crippen LogP contribution >= 0.6 is 15.9 Å². The van der Waals surface area contributed by atoms with E-state index in [1.807, 2.05) is 0 Å². The molecule has 1 unspecified atom stereocenters. The van der Waals surface area contributed by atoms with Crippen LogP contribution in [0, 0.1) is 0 Å². The van der Waals surface area contributed by atoms with E-state index in [2.05, 4.69) is 21.0 Å². The zero-order valence-electron chi connectivity index (χ0n) is 11.3. The van der Waals surface area contributed by atoms with Gasteiger partial charge in [-0.2, -0.15) is 18.3 Å². The highest BCUT2D eigenvalue weighted by molar-refractivity contribution is 9.10. The van der Waals surface area contributed by atoms with Gasteiger partial charge in [-0.3, -0.25) is 4.68 Å². The first-order valence-corrected chi connectivity index (χ1v) is 6.73. The summed E-state index contributed by atoms with van der Waals surface area (Å²) in [4.78, 5) is 0. The second-order valence-corrected chi connectivity index (χ2v) is 5.29. The molecule has 1 heterocycles. The van der Waals surface area contributed by atoms with Gasteiger partial charge in [0.2, 0.25) is 0 Å². The van der Waals surface area contributed by atoms with E-state index >= 15 is 0 Å². The van der Waals surface area contributed by atoms with Gasteiger partial charge in [0, 0.05) is 11.5 Å². The fourth-order valence-corrected chi connectivity index (χ4v) is 2.54. The number of benzene rings is 1. The molecule has 1 aromatic heterocycles. The fourth-order valence-electron chi connectivity index (χ4n) is 2.04. The monoisotopic (exact) mass is 363 g/mol. The SMILES string of the molecule is COc1cnn(C)c1C(N)c1cc(C(F)(F)F)ccc1Br. The van der Waals surface area contributed by atoms with E-state index in [9.17, 15) is 13.2 Å². The second kappa shape index (κ2) is 5.69. The van der Waals surface area contributed by atoms with Crippen molar-refractivity contribution in [1.82, 2.24) is 9.78 Å². The second-order valence-electron chi connectivity index (χ2n) is 4.43. The molecule has 0 saturated heterocycles. The summed E-state index contributed by atoms with van der Waals surface area (Å²) in [6.45, 7) is 0. The van der Waals surface area contributed by atoms with Crippen LogP contribution in [-0.2, 0) is 13.2 Å². The maximum absolute atomic E-state index is 12.8. The zero-order valence-corrected chi connectivity index (χ0v) is 12.9. The normalized spacial score (nSPS) is 13.3. The Morgan fingerprint density at radius 3 is 2.62 bits per heavy atom. The van der Waals surface area contributed by atoms with Crippen molar-refractivity contribution in [2.24, 2.45) is 12.8 Å². The van der Waals surface area contributed by atoms with E-state index in [0.717, 1.165) is 12.1 Å². The molecular weight excluding hydrogens is 351 g/mol. The number of halogens is 4. The molecule has 0 aliphatic heterocycles. The Hall–Kier alpha value is -1.54. The van der Waals surface area contributed by atoms with Crippen LogP contribution in [-0.4, -0.2) is 16.9 Å². The molecule has 0 bridgehead atoms. The van der Waals surface area contributed by atoms with Crippen molar-refractivity contribution in [3.05, 3.63) is 45.7 Å². The molecule has 0 aliphatic rings. The third-order valence-electron chi connectivity index (χ3n) is 3.12. The van der Waals surface area contributed by atoms with Gasteiger partial charge in [0.25, 0.3) is 0 Å². The predicted molar refractivity (Wildman–Crippen MR) is 74.9 cm³/mol. The number of methoxy groups -OCH3 is 1. The van der Waals surface area contributed by atoms with Crippen LogP contribution in [0.25, 0.3) is 0 Å². The summed E-state index contributed by atoms with van der Waals surface area (Å²) in [5, 5.41) is 4.01. The molecule has 1 aromatic carbocycles. The largest absolute Gasteiger partial charge is 0.493 e. The summed E-state index contributed by atoms with van der Waals surface area (Å²) in [7, 11) is 3.10. The quantitative estimate of drug-likeness (QED) is 0.910. The van der Waals surface area contributed by atoms with E-state index in [4.69, 9.17) is 10.5 Å². The first-order chi connectivity index (χ1) is 9.75. The smallest absolute Gasteiger partial charge is 0.416 e. The third kappa shape index (κ3) is 3.06. The first kappa shape index (κ1) is 15.8. The Morgan fingerprint density at radius 2 is 2.05 bits per heavy atom. The Bertz CT molecular complexity index is 655. The first-order valence-electron chi connectivity index (χ1n) is 5.93. The topological polar surface area (TPSA) is 53.1 Å². The van der Waals surface area contributed by atoms with Crippen LogP contribution in [0.3, 0.4) is 0 Å². The van der Waals surface area contributed by atoms with Crippen molar-refractivity contribution >= 4 is 15.9 Å². The minimum Gasteiger partial charge on any atom is -0.493 e. The number of hydrogen-bond donors (Lipinski definition) is 1. The number of aromatic nitrogens is 2. The number of hydrogen-bond acceptors (Lipinski definition) is 3. The molecule has 2 rings (SSSR count). The molecule has 21 heavy (non-hydrogen) atoms. The lowest BCUT2D eigenvalue weighted by Crippen LogP contribution is -2.18. The van der Waals surface area contributed by atoms with Gasteiger partial charge in [-0.1, -0.05) is 15.9 Å². The van der Waals surface area contributed by atoms with Gasteiger partial charge in [0.1, 0.15) is 5.69 Å². The Balaban J connectivity index is 2.52. The number of aryl methyl sites for hydroxylation is 1. The van der Waals surface area contributed by atoms with Crippen LogP contribution in [0.5, 0.6) is 5.75 Å². The summed E-state index contributed by atoms with van der Waals surface area (Å²) in [5.41, 5.74) is 6.17. The Morgan fingerprint density at radius 1 is 1.38 bits per heavy atom. The van der Waals surface area contributed by atoms with E-state index < -0.39 is 17.8 Å². The van der Waals surface area contributed by atoms with Gasteiger partial charge < -0.3 is 10.5 Å². The molecule has 8 heteroatoms. The Labute approximate surface area is 127 Å². The number of nitrogens with two attached hydrogens (primary N) is 1. The molecule has 4 nitrogen and oxygen atoms in total. The lowest BCUT2D eigenvalue weighted by Gasteiger charge is -2.18. The molecule has 0 saturated carbocycles. The van der Waals surface area contributed by atoms with Crippen LogP contribution < -0.4 is 10.5 Å². The molecule has 0 spiro atoms. The number of alkyl halides is 3. The summed E-state index contributed by atoms with van der Waals surface area (Å²) in [6, 6.07) is 2.56. The van der Waals surface area contributed by atoms with Crippen molar-refractivity contribution in [2.45, 2.75) is 12.2 Å². The van der Waals surface area contributed by atoms with Gasteiger partial charge in [-0.15, -0.1) is 0 Å². The van der Waals surface area contributed by atoms with Gasteiger partial charge in [-0.25, -0.2) is 0 Å². The van der Waals surface area contributed by atoms with E-state index in [1.54, 1.807) is 7.05 Å². The number of nitrogens with zero attached hydrogens (tertiary/aromatic N) is 2. The fraction of sp³-hybridized carbons (Fsp3) is 0.308. The van der Waals surface area contributed by atoms with Crippen LogP contribution in [0.1, 0.15) is 22.9 Å². The molecule has 2 N–H and O–H groups in total. The number of rotatable bonds is 3. The average Bonchev–Trinajstić information content (AvgIpc) is 2.78. The Kier molecular flexibility index (Phi) is 4.29. The zero-order chi connectivity index (χ0) is 15.8. The third-order valence-corrected chi connectivity index (χ3v) is 3.84. The van der Waals surface area contributed by atoms with Crippen LogP contribution in [0.15, 0.2) is 28.9 Å². The van der Waals surface area contributed by atoms with Crippen LogP contribution in [0.4, 0.5) is 13.2 Å². The molecule has 0 radical (unpaired) electrons. The van der Waals surface area contributed by atoms with Gasteiger partial charge >= 0.3 is 6.18 Å². The number of ether oxygens (including phenoxy) is 1. The molecule has 114 valence electrons. The van der Waals surface area contributed by atoms with Crippen LogP contribution in [0.2, 0.25) is 0 Å². The molecule has 0 fully saturated rings. The van der Waals surface area contributed by atoms with E-state index in [-0.39, 0.29) is 0 Å². The van der Waals surface area contributed by atoms with Crippen molar-refractivity contribution < 1.29 is 17.9 Å². The van der Waals surface area contributed by atoms with Gasteiger partial charge in [0.05, 0.1) is 24.9 Å². The molecule has 0 amide bonds. The minimum atomic E-state index is -4.42. The molecule has 1 atom stereocenters.